The molecule has 7 nitrogen and oxygen atoms in total. The third kappa shape index (κ3) is 4.55. The van der Waals surface area contributed by atoms with E-state index in [4.69, 9.17) is 25.5 Å². The quantitative estimate of drug-likeness (QED) is 0.281. The van der Waals surface area contributed by atoms with Crippen molar-refractivity contribution in [3.05, 3.63) is 98.1 Å². The van der Waals surface area contributed by atoms with Crippen LogP contribution in [0.4, 0.5) is 0 Å². The summed E-state index contributed by atoms with van der Waals surface area (Å²) in [4.78, 5) is 33.4. The first-order valence-electron chi connectivity index (χ1n) is 12.3. The smallest absolute Gasteiger partial charge is 0.291 e. The van der Waals surface area contributed by atoms with E-state index in [1.54, 1.807) is 29.4 Å². The molecular formula is C29H27ClN2O5. The average molecular weight is 519 g/mol. The number of nitrogens with zero attached hydrogens (tertiary/aromatic N) is 2. The molecular weight excluding hydrogens is 492 g/mol. The van der Waals surface area contributed by atoms with E-state index in [2.05, 4.69) is 4.98 Å². The van der Waals surface area contributed by atoms with Gasteiger partial charge in [0.05, 0.1) is 30.2 Å². The fraction of sp³-hybridized carbons (Fsp3) is 0.276. The van der Waals surface area contributed by atoms with Crippen molar-refractivity contribution in [1.29, 1.82) is 0 Å². The number of pyridine rings is 1. The summed E-state index contributed by atoms with van der Waals surface area (Å²) in [6.45, 7) is 6.99. The summed E-state index contributed by atoms with van der Waals surface area (Å²) in [6, 6.07) is 11.8. The summed E-state index contributed by atoms with van der Waals surface area (Å²) in [7, 11) is 0. The Labute approximate surface area is 219 Å². The van der Waals surface area contributed by atoms with Crippen molar-refractivity contribution in [2.75, 3.05) is 13.2 Å². The number of benzene rings is 2. The second-order valence-electron chi connectivity index (χ2n) is 8.96. The van der Waals surface area contributed by atoms with Crippen molar-refractivity contribution in [3.63, 3.8) is 0 Å². The maximum absolute atomic E-state index is 13.9. The fourth-order valence-corrected chi connectivity index (χ4v) is 4.80. The van der Waals surface area contributed by atoms with E-state index >= 15 is 0 Å². The van der Waals surface area contributed by atoms with Gasteiger partial charge in [0.2, 0.25) is 5.76 Å². The molecule has 0 saturated carbocycles. The maximum Gasteiger partial charge on any atom is 0.291 e. The number of hydrogen-bond acceptors (Lipinski definition) is 6. The number of aryl methyl sites for hydroxylation is 1. The van der Waals surface area contributed by atoms with Gasteiger partial charge in [0.1, 0.15) is 5.58 Å². The number of fused-ring (bicyclic) bond motifs is 2. The molecule has 5 rings (SSSR count). The minimum Gasteiger partial charge on any atom is -0.490 e. The molecule has 0 radical (unpaired) electrons. The molecule has 0 spiro atoms. The Balaban J connectivity index is 1.71. The second kappa shape index (κ2) is 10.3. The summed E-state index contributed by atoms with van der Waals surface area (Å²) < 4.78 is 17.8. The second-order valence-corrected chi connectivity index (χ2v) is 9.36. The van der Waals surface area contributed by atoms with Crippen LogP contribution in [-0.2, 0) is 6.54 Å². The standard InChI is InChI=1S/C29H27ClN2O5/c1-4-11-36-22-9-8-19(13-24(22)35-5-2)26-25-27(33)20-14-21(30)17(3)12-23(20)37-28(25)29(34)32(26)16-18-7-6-10-31-15-18/h6-10,12-15,26H,4-5,11,16H2,1-3H3. The first-order chi connectivity index (χ1) is 17.9. The van der Waals surface area contributed by atoms with Crippen molar-refractivity contribution in [2.24, 2.45) is 0 Å². The molecule has 0 saturated heterocycles. The lowest BCUT2D eigenvalue weighted by Gasteiger charge is -2.26. The van der Waals surface area contributed by atoms with Gasteiger partial charge in [-0.2, -0.15) is 0 Å². The van der Waals surface area contributed by atoms with Crippen LogP contribution in [0.25, 0.3) is 11.0 Å². The molecule has 1 atom stereocenters. The number of halogens is 1. The van der Waals surface area contributed by atoms with Gasteiger partial charge in [0.15, 0.2) is 16.9 Å². The highest BCUT2D eigenvalue weighted by Gasteiger charge is 2.43. The van der Waals surface area contributed by atoms with Crippen LogP contribution in [-0.4, -0.2) is 29.0 Å². The molecule has 0 N–H and O–H groups in total. The maximum atomic E-state index is 13.9. The molecule has 190 valence electrons. The highest BCUT2D eigenvalue weighted by atomic mass is 35.5. The molecule has 0 aliphatic carbocycles. The fourth-order valence-electron chi connectivity index (χ4n) is 4.63. The number of carbonyl (C=O) groups is 1. The first-order valence-corrected chi connectivity index (χ1v) is 12.7. The van der Waals surface area contributed by atoms with Gasteiger partial charge in [-0.25, -0.2) is 0 Å². The van der Waals surface area contributed by atoms with Crippen LogP contribution in [0.15, 0.2) is 64.1 Å². The van der Waals surface area contributed by atoms with E-state index in [1.165, 1.54) is 0 Å². The number of ether oxygens (including phenoxy) is 2. The van der Waals surface area contributed by atoms with Crippen LogP contribution in [0.3, 0.4) is 0 Å². The molecule has 1 aliphatic rings. The first kappa shape index (κ1) is 24.8. The lowest BCUT2D eigenvalue weighted by Crippen LogP contribution is -2.29. The van der Waals surface area contributed by atoms with Gasteiger partial charge in [-0.1, -0.05) is 30.7 Å². The summed E-state index contributed by atoms with van der Waals surface area (Å²) in [5.74, 6) is 0.847. The summed E-state index contributed by atoms with van der Waals surface area (Å²) in [5, 5.41) is 0.798. The summed E-state index contributed by atoms with van der Waals surface area (Å²) in [6.07, 6.45) is 4.23. The molecule has 0 fully saturated rings. The predicted molar refractivity (Wildman–Crippen MR) is 142 cm³/mol. The molecule has 8 heteroatoms. The summed E-state index contributed by atoms with van der Waals surface area (Å²) in [5.41, 5.74) is 2.64. The van der Waals surface area contributed by atoms with Crippen molar-refractivity contribution in [3.8, 4) is 11.5 Å². The average Bonchev–Trinajstić information content (AvgIpc) is 3.17. The van der Waals surface area contributed by atoms with Crippen LogP contribution >= 0.6 is 11.6 Å². The molecule has 2 aromatic carbocycles. The van der Waals surface area contributed by atoms with E-state index in [1.807, 2.05) is 51.1 Å². The Hall–Kier alpha value is -3.84. The van der Waals surface area contributed by atoms with Gasteiger partial charge >= 0.3 is 0 Å². The molecule has 2 aromatic heterocycles. The van der Waals surface area contributed by atoms with E-state index in [-0.39, 0.29) is 29.2 Å². The van der Waals surface area contributed by atoms with Gasteiger partial charge in [0.25, 0.3) is 5.91 Å². The highest BCUT2D eigenvalue weighted by molar-refractivity contribution is 6.32. The zero-order chi connectivity index (χ0) is 26.1. The lowest BCUT2D eigenvalue weighted by atomic mass is 9.97. The van der Waals surface area contributed by atoms with Crippen LogP contribution in [0, 0.1) is 6.92 Å². The Morgan fingerprint density at radius 1 is 1.08 bits per heavy atom. The van der Waals surface area contributed by atoms with Gasteiger partial charge in [-0.15, -0.1) is 0 Å². The van der Waals surface area contributed by atoms with E-state index in [0.29, 0.717) is 46.3 Å². The largest absolute Gasteiger partial charge is 0.490 e. The van der Waals surface area contributed by atoms with Crippen molar-refractivity contribution >= 4 is 28.5 Å². The van der Waals surface area contributed by atoms with E-state index in [0.717, 1.165) is 17.5 Å². The third-order valence-electron chi connectivity index (χ3n) is 6.37. The number of rotatable bonds is 8. The van der Waals surface area contributed by atoms with Crippen LogP contribution < -0.4 is 14.9 Å². The van der Waals surface area contributed by atoms with Gasteiger partial charge < -0.3 is 18.8 Å². The topological polar surface area (TPSA) is 81.9 Å². The van der Waals surface area contributed by atoms with Gasteiger partial charge in [-0.3, -0.25) is 14.6 Å². The molecule has 0 bridgehead atoms. The Morgan fingerprint density at radius 2 is 1.92 bits per heavy atom. The molecule has 37 heavy (non-hydrogen) atoms. The molecule has 4 aromatic rings. The normalized spacial score (nSPS) is 14.8. The lowest BCUT2D eigenvalue weighted by molar-refractivity contribution is 0.0714. The number of aromatic nitrogens is 1. The van der Waals surface area contributed by atoms with E-state index in [9.17, 15) is 9.59 Å². The molecule has 1 aliphatic heterocycles. The van der Waals surface area contributed by atoms with Crippen LogP contribution in [0.2, 0.25) is 5.02 Å². The Morgan fingerprint density at radius 3 is 2.65 bits per heavy atom. The molecule has 1 unspecified atom stereocenters. The van der Waals surface area contributed by atoms with Gasteiger partial charge in [-0.05, 0) is 67.3 Å². The summed E-state index contributed by atoms with van der Waals surface area (Å²) >= 11 is 6.35. The number of amides is 1. The van der Waals surface area contributed by atoms with Crippen molar-refractivity contribution in [2.45, 2.75) is 39.8 Å². The SMILES string of the molecule is CCCOc1ccc(C2c3c(oc4cc(C)c(Cl)cc4c3=O)C(=O)N2Cc2cccnc2)cc1OCC. The minimum atomic E-state index is -0.692. The zero-order valence-electron chi connectivity index (χ0n) is 20.9. The van der Waals surface area contributed by atoms with Crippen LogP contribution in [0.1, 0.15) is 59.1 Å². The van der Waals surface area contributed by atoms with Gasteiger partial charge in [0, 0.05) is 24.0 Å². The predicted octanol–water partition coefficient (Wildman–Crippen LogP) is 6.08. The third-order valence-corrected chi connectivity index (χ3v) is 6.77. The molecule has 1 amide bonds. The monoisotopic (exact) mass is 518 g/mol. The Bertz CT molecular complexity index is 1530. The van der Waals surface area contributed by atoms with Crippen LogP contribution in [0.5, 0.6) is 11.5 Å². The molecule has 3 heterocycles. The van der Waals surface area contributed by atoms with E-state index < -0.39 is 6.04 Å². The highest BCUT2D eigenvalue weighted by Crippen LogP contribution is 2.42. The minimum absolute atomic E-state index is 0.0392. The zero-order valence-corrected chi connectivity index (χ0v) is 21.7. The number of carbonyl (C=O) groups excluding carboxylic acids is 1. The number of hydrogen-bond donors (Lipinski definition) is 0. The van der Waals surface area contributed by atoms with Crippen molar-refractivity contribution < 1.29 is 18.7 Å². The Kier molecular flexibility index (Phi) is 6.89. The van der Waals surface area contributed by atoms with Crippen molar-refractivity contribution in [1.82, 2.24) is 9.88 Å².